The second-order valence-electron chi connectivity index (χ2n) is 5.71. The van der Waals surface area contributed by atoms with Crippen LogP contribution in [0, 0.1) is 0 Å². The third kappa shape index (κ3) is 4.72. The Morgan fingerprint density at radius 2 is 1.60 bits per heavy atom. The molecule has 3 rings (SSSR count). The molecule has 0 aliphatic carbocycles. The van der Waals surface area contributed by atoms with Gasteiger partial charge in [0.25, 0.3) is 5.91 Å². The second kappa shape index (κ2) is 8.17. The molecule has 1 saturated heterocycles. The first-order chi connectivity index (χ1) is 12.0. The molecule has 1 heterocycles. The van der Waals surface area contributed by atoms with E-state index in [0.717, 1.165) is 23.8 Å². The summed E-state index contributed by atoms with van der Waals surface area (Å²) in [4.78, 5) is 16.3. The molecule has 25 heavy (non-hydrogen) atoms. The maximum absolute atomic E-state index is 12.3. The summed E-state index contributed by atoms with van der Waals surface area (Å²) in [6, 6.07) is 12.6. The van der Waals surface area contributed by atoms with Crippen LogP contribution in [0.4, 0.5) is 5.69 Å². The van der Waals surface area contributed by atoms with Crippen LogP contribution in [-0.2, 0) is 4.79 Å². The van der Waals surface area contributed by atoms with Crippen LogP contribution in [0.5, 0.6) is 5.75 Å². The molecule has 2 aromatic rings. The number of ether oxygens (including phenoxy) is 1. The summed E-state index contributed by atoms with van der Waals surface area (Å²) in [5.41, 5.74) is 1.00. The van der Waals surface area contributed by atoms with E-state index in [4.69, 9.17) is 39.5 Å². The van der Waals surface area contributed by atoms with Gasteiger partial charge in [0, 0.05) is 36.2 Å². The molecule has 7 heteroatoms. The van der Waals surface area contributed by atoms with Crippen LogP contribution in [0.1, 0.15) is 0 Å². The van der Waals surface area contributed by atoms with Gasteiger partial charge in [-0.25, -0.2) is 0 Å². The number of carbonyl (C=O) groups is 1. The van der Waals surface area contributed by atoms with Crippen LogP contribution >= 0.6 is 34.8 Å². The predicted octanol–water partition coefficient (Wildman–Crippen LogP) is 4.37. The number of amides is 1. The fourth-order valence-electron chi connectivity index (χ4n) is 2.75. The van der Waals surface area contributed by atoms with Crippen molar-refractivity contribution >= 4 is 46.4 Å². The summed E-state index contributed by atoms with van der Waals surface area (Å²) in [5.74, 6) is 0.426. The topological polar surface area (TPSA) is 32.8 Å². The number of hydrogen-bond donors (Lipinski definition) is 0. The molecule has 132 valence electrons. The average molecular weight is 400 g/mol. The number of carbonyl (C=O) groups excluding carboxylic acids is 1. The zero-order valence-electron chi connectivity index (χ0n) is 13.4. The zero-order chi connectivity index (χ0) is 17.8. The quantitative estimate of drug-likeness (QED) is 0.765. The normalized spacial score (nSPS) is 14.5. The first-order valence-electron chi connectivity index (χ1n) is 7.89. The third-order valence-electron chi connectivity index (χ3n) is 4.02. The van der Waals surface area contributed by atoms with E-state index in [-0.39, 0.29) is 12.5 Å². The first kappa shape index (κ1) is 18.2. The van der Waals surface area contributed by atoms with Crippen LogP contribution in [-0.4, -0.2) is 43.6 Å². The maximum atomic E-state index is 12.3. The van der Waals surface area contributed by atoms with Crippen molar-refractivity contribution in [3.8, 4) is 5.75 Å². The maximum Gasteiger partial charge on any atom is 0.260 e. The fourth-order valence-corrected chi connectivity index (χ4v) is 3.51. The summed E-state index contributed by atoms with van der Waals surface area (Å²) >= 11 is 18.1. The Bertz CT molecular complexity index is 741. The van der Waals surface area contributed by atoms with Crippen LogP contribution in [0.3, 0.4) is 0 Å². The van der Waals surface area contributed by atoms with Gasteiger partial charge >= 0.3 is 0 Å². The number of benzene rings is 2. The Morgan fingerprint density at radius 1 is 0.960 bits per heavy atom. The van der Waals surface area contributed by atoms with Gasteiger partial charge in [-0.1, -0.05) is 46.9 Å². The first-order valence-corrected chi connectivity index (χ1v) is 9.02. The van der Waals surface area contributed by atoms with E-state index < -0.39 is 0 Å². The number of para-hydroxylation sites is 1. The van der Waals surface area contributed by atoms with Crippen molar-refractivity contribution in [3.05, 3.63) is 57.5 Å². The average Bonchev–Trinajstić information content (AvgIpc) is 2.59. The smallest absolute Gasteiger partial charge is 0.260 e. The van der Waals surface area contributed by atoms with Gasteiger partial charge in [-0.3, -0.25) is 4.79 Å². The van der Waals surface area contributed by atoms with Crippen molar-refractivity contribution in [1.29, 1.82) is 0 Å². The summed E-state index contributed by atoms with van der Waals surface area (Å²) in [5, 5.41) is 1.68. The molecule has 4 nitrogen and oxygen atoms in total. The van der Waals surface area contributed by atoms with Crippen molar-refractivity contribution in [1.82, 2.24) is 4.90 Å². The number of halogens is 3. The van der Waals surface area contributed by atoms with Crippen molar-refractivity contribution in [2.75, 3.05) is 37.7 Å². The van der Waals surface area contributed by atoms with Crippen molar-refractivity contribution in [2.24, 2.45) is 0 Å². The molecule has 1 aliphatic heterocycles. The van der Waals surface area contributed by atoms with Gasteiger partial charge in [0.1, 0.15) is 5.75 Å². The summed E-state index contributed by atoms with van der Waals surface area (Å²) in [6.07, 6.45) is 0. The third-order valence-corrected chi connectivity index (χ3v) is 4.78. The van der Waals surface area contributed by atoms with Crippen molar-refractivity contribution in [3.63, 3.8) is 0 Å². The van der Waals surface area contributed by atoms with E-state index in [0.29, 0.717) is 28.9 Å². The second-order valence-corrected chi connectivity index (χ2v) is 6.99. The minimum atomic E-state index is -0.0603. The molecule has 0 aromatic heterocycles. The molecular weight excluding hydrogens is 383 g/mol. The van der Waals surface area contributed by atoms with Gasteiger partial charge in [-0.15, -0.1) is 0 Å². The zero-order valence-corrected chi connectivity index (χ0v) is 15.7. The Labute approximate surface area is 161 Å². The van der Waals surface area contributed by atoms with Gasteiger partial charge in [0.15, 0.2) is 6.61 Å². The minimum Gasteiger partial charge on any atom is -0.484 e. The lowest BCUT2D eigenvalue weighted by Gasteiger charge is -2.36. The number of hydrogen-bond acceptors (Lipinski definition) is 3. The highest BCUT2D eigenvalue weighted by Gasteiger charge is 2.22. The Morgan fingerprint density at radius 3 is 2.24 bits per heavy atom. The molecule has 2 aromatic carbocycles. The largest absolute Gasteiger partial charge is 0.484 e. The molecule has 0 bridgehead atoms. The molecule has 0 radical (unpaired) electrons. The molecule has 1 aliphatic rings. The molecule has 1 fully saturated rings. The molecule has 0 atom stereocenters. The van der Waals surface area contributed by atoms with Gasteiger partial charge in [0.05, 0.1) is 10.7 Å². The summed E-state index contributed by atoms with van der Waals surface area (Å²) in [6.45, 7) is 2.69. The van der Waals surface area contributed by atoms with Gasteiger partial charge in [-0.05, 0) is 30.3 Å². The summed E-state index contributed by atoms with van der Waals surface area (Å²) < 4.78 is 5.52. The number of nitrogens with zero attached hydrogens (tertiary/aromatic N) is 2. The standard InChI is InChI=1S/C18H17Cl3N2O2/c19-13-9-14(20)11-15(10-13)25-12-18(24)23-7-5-22(6-8-23)17-4-2-1-3-16(17)21/h1-4,9-11H,5-8,12H2. The summed E-state index contributed by atoms with van der Waals surface area (Å²) in [7, 11) is 0. The minimum absolute atomic E-state index is 0.0389. The van der Waals surface area contributed by atoms with E-state index in [2.05, 4.69) is 4.90 Å². The number of piperazine rings is 1. The van der Waals surface area contributed by atoms with Gasteiger partial charge in [0.2, 0.25) is 0 Å². The highest BCUT2D eigenvalue weighted by Crippen LogP contribution is 2.26. The van der Waals surface area contributed by atoms with Crippen molar-refractivity contribution < 1.29 is 9.53 Å². The van der Waals surface area contributed by atoms with Crippen LogP contribution in [0.2, 0.25) is 15.1 Å². The number of rotatable bonds is 4. The predicted molar refractivity (Wildman–Crippen MR) is 102 cm³/mol. The van der Waals surface area contributed by atoms with E-state index in [1.807, 2.05) is 24.3 Å². The molecule has 0 spiro atoms. The monoisotopic (exact) mass is 398 g/mol. The molecule has 0 saturated carbocycles. The van der Waals surface area contributed by atoms with Crippen LogP contribution in [0.25, 0.3) is 0 Å². The number of anilines is 1. The fraction of sp³-hybridized carbons (Fsp3) is 0.278. The SMILES string of the molecule is O=C(COc1cc(Cl)cc(Cl)c1)N1CCN(c2ccccc2Cl)CC1. The molecule has 0 N–H and O–H groups in total. The van der Waals surface area contributed by atoms with Gasteiger partial charge < -0.3 is 14.5 Å². The highest BCUT2D eigenvalue weighted by molar-refractivity contribution is 6.34. The van der Waals surface area contributed by atoms with Crippen molar-refractivity contribution in [2.45, 2.75) is 0 Å². The Kier molecular flexibility index (Phi) is 5.94. The lowest BCUT2D eigenvalue weighted by molar-refractivity contribution is -0.133. The molecular formula is C18H17Cl3N2O2. The van der Waals surface area contributed by atoms with E-state index >= 15 is 0 Å². The van der Waals surface area contributed by atoms with Gasteiger partial charge in [-0.2, -0.15) is 0 Å². The lowest BCUT2D eigenvalue weighted by Crippen LogP contribution is -2.50. The Hall–Kier alpha value is -1.62. The molecule has 1 amide bonds. The van der Waals surface area contributed by atoms with Crippen LogP contribution in [0.15, 0.2) is 42.5 Å². The van der Waals surface area contributed by atoms with E-state index in [1.165, 1.54) is 0 Å². The van der Waals surface area contributed by atoms with E-state index in [9.17, 15) is 4.79 Å². The molecule has 0 unspecified atom stereocenters. The van der Waals surface area contributed by atoms with E-state index in [1.54, 1.807) is 23.1 Å². The lowest BCUT2D eigenvalue weighted by atomic mass is 10.2. The highest BCUT2D eigenvalue weighted by atomic mass is 35.5. The Balaban J connectivity index is 1.52. The van der Waals surface area contributed by atoms with Crippen LogP contribution < -0.4 is 9.64 Å².